The molecule has 2 aliphatic carbocycles. The van der Waals surface area contributed by atoms with Gasteiger partial charge < -0.3 is 0 Å². The van der Waals surface area contributed by atoms with E-state index in [1.807, 2.05) is 0 Å². The van der Waals surface area contributed by atoms with Gasteiger partial charge in [0.2, 0.25) is 0 Å². The molecule has 0 amide bonds. The van der Waals surface area contributed by atoms with Crippen LogP contribution in [0, 0.1) is 10.8 Å². The summed E-state index contributed by atoms with van der Waals surface area (Å²) in [6.45, 7) is 19.1. The van der Waals surface area contributed by atoms with Crippen molar-refractivity contribution in [3.05, 3.63) is 70.3 Å². The molecular formula is C28H35Si. The fraction of sp³-hybridized carbons (Fsp3) is 0.429. The van der Waals surface area contributed by atoms with Crippen molar-refractivity contribution >= 4 is 19.6 Å². The fourth-order valence-electron chi connectivity index (χ4n) is 4.94. The van der Waals surface area contributed by atoms with Crippen LogP contribution >= 0.6 is 0 Å². The number of hydrogen-bond acceptors (Lipinski definition) is 0. The predicted molar refractivity (Wildman–Crippen MR) is 130 cm³/mol. The van der Waals surface area contributed by atoms with Crippen LogP contribution < -0.4 is 5.19 Å². The molecule has 1 heteroatoms. The Kier molecular flexibility index (Phi) is 4.81. The molecule has 29 heavy (non-hydrogen) atoms. The number of fused-ring (bicyclic) bond motifs is 3. The molecule has 0 aliphatic heterocycles. The Morgan fingerprint density at radius 3 is 2.07 bits per heavy atom. The molecule has 0 fully saturated rings. The molecule has 2 aliphatic rings. The molecule has 151 valence electrons. The molecule has 0 aromatic heterocycles. The van der Waals surface area contributed by atoms with Crippen LogP contribution in [0.3, 0.4) is 0 Å². The van der Waals surface area contributed by atoms with Gasteiger partial charge in [-0.1, -0.05) is 108 Å². The van der Waals surface area contributed by atoms with Crippen molar-refractivity contribution in [2.45, 2.75) is 67.5 Å². The lowest BCUT2D eigenvalue weighted by Crippen LogP contribution is -2.28. The summed E-state index contributed by atoms with van der Waals surface area (Å²) in [6, 6.07) is 13.9. The highest BCUT2D eigenvalue weighted by Gasteiger charge is 2.34. The molecule has 0 bridgehead atoms. The van der Waals surface area contributed by atoms with Crippen molar-refractivity contribution in [1.29, 1.82) is 0 Å². The summed E-state index contributed by atoms with van der Waals surface area (Å²) in [7, 11) is -0.564. The van der Waals surface area contributed by atoms with Crippen LogP contribution in [0.5, 0.6) is 0 Å². The smallest absolute Gasteiger partial charge is 0.0671 e. The van der Waals surface area contributed by atoms with E-state index >= 15 is 0 Å². The Hall–Kier alpha value is -1.86. The second-order valence-electron chi connectivity index (χ2n) is 11.1. The van der Waals surface area contributed by atoms with Crippen LogP contribution in [-0.2, 0) is 6.42 Å². The maximum atomic E-state index is 2.54. The lowest BCUT2D eigenvalue weighted by molar-refractivity contribution is 0.494. The van der Waals surface area contributed by atoms with Crippen LogP contribution in [0.4, 0.5) is 0 Å². The van der Waals surface area contributed by atoms with Gasteiger partial charge in [0.1, 0.15) is 0 Å². The minimum absolute atomic E-state index is 0.155. The molecule has 0 heterocycles. The van der Waals surface area contributed by atoms with Crippen LogP contribution in [0.25, 0.3) is 16.7 Å². The Labute approximate surface area is 179 Å². The van der Waals surface area contributed by atoms with Gasteiger partial charge in [-0.15, -0.1) is 0 Å². The van der Waals surface area contributed by atoms with Crippen molar-refractivity contribution in [3.8, 4) is 11.1 Å². The first kappa shape index (κ1) is 20.4. The summed E-state index contributed by atoms with van der Waals surface area (Å²) in [5.74, 6) is 0. The highest BCUT2D eigenvalue weighted by atomic mass is 28.3. The van der Waals surface area contributed by atoms with Crippen LogP contribution in [0.15, 0.2) is 53.6 Å². The summed E-state index contributed by atoms with van der Waals surface area (Å²) >= 11 is 0. The van der Waals surface area contributed by atoms with Gasteiger partial charge in [0.25, 0.3) is 0 Å². The van der Waals surface area contributed by atoms with Crippen molar-refractivity contribution in [2.75, 3.05) is 0 Å². The van der Waals surface area contributed by atoms with Gasteiger partial charge in [-0.05, 0) is 62.6 Å². The first-order valence-electron chi connectivity index (χ1n) is 11.0. The van der Waals surface area contributed by atoms with E-state index in [0.717, 1.165) is 12.8 Å². The van der Waals surface area contributed by atoms with Crippen molar-refractivity contribution in [1.82, 2.24) is 0 Å². The van der Waals surface area contributed by atoms with Gasteiger partial charge in [-0.3, -0.25) is 0 Å². The Morgan fingerprint density at radius 2 is 1.45 bits per heavy atom. The SMILES string of the molecule is C[Si](C)c1ccc2c(c1C1=C(C(C)(C)C)C=C(C(C)(C)C)C1)Cc1ccccc1-2. The second kappa shape index (κ2) is 6.84. The average Bonchev–Trinajstić information content (AvgIpc) is 3.22. The normalized spacial score (nSPS) is 16.4. The quantitative estimate of drug-likeness (QED) is 0.394. The molecule has 0 saturated heterocycles. The van der Waals surface area contributed by atoms with E-state index in [2.05, 4.69) is 97.1 Å². The highest BCUT2D eigenvalue weighted by molar-refractivity contribution is 6.71. The number of benzene rings is 2. The summed E-state index contributed by atoms with van der Waals surface area (Å²) < 4.78 is 0. The van der Waals surface area contributed by atoms with Crippen LogP contribution in [0.2, 0.25) is 13.1 Å². The topological polar surface area (TPSA) is 0 Å². The van der Waals surface area contributed by atoms with E-state index in [0.29, 0.717) is 0 Å². The van der Waals surface area contributed by atoms with E-state index in [-0.39, 0.29) is 10.8 Å². The molecule has 0 atom stereocenters. The first-order chi connectivity index (χ1) is 13.5. The number of allylic oxidation sites excluding steroid dienone is 4. The minimum Gasteiger partial charge on any atom is -0.0671 e. The molecular weight excluding hydrogens is 364 g/mol. The van der Waals surface area contributed by atoms with E-state index in [1.165, 1.54) is 16.7 Å². The van der Waals surface area contributed by atoms with Crippen molar-refractivity contribution < 1.29 is 0 Å². The standard InChI is InChI=1S/C28H35Si/c1-27(2,3)19-16-23(24(17-19)28(4,5)6)26-22-15-18-11-9-10-12-20(18)21(22)13-14-25(26)29(7)8/h9-14,17H,15-16H2,1-8H3. The largest absolute Gasteiger partial charge is 0.0799 e. The van der Waals surface area contributed by atoms with Gasteiger partial charge in [-0.2, -0.15) is 0 Å². The van der Waals surface area contributed by atoms with E-state index in [1.54, 1.807) is 33.0 Å². The fourth-order valence-corrected chi connectivity index (χ4v) is 6.16. The molecule has 2 aromatic rings. The third-order valence-corrected chi connectivity index (χ3v) is 8.10. The third-order valence-electron chi connectivity index (χ3n) is 6.61. The number of rotatable bonds is 2. The molecule has 0 saturated carbocycles. The third kappa shape index (κ3) is 3.48. The monoisotopic (exact) mass is 399 g/mol. The van der Waals surface area contributed by atoms with Gasteiger partial charge in [0.15, 0.2) is 0 Å². The zero-order valence-electron chi connectivity index (χ0n) is 19.5. The Balaban J connectivity index is 1.97. The highest BCUT2D eigenvalue weighted by Crippen LogP contribution is 2.49. The van der Waals surface area contributed by atoms with Crippen LogP contribution in [0.1, 0.15) is 64.7 Å². The molecule has 0 N–H and O–H groups in total. The lowest BCUT2D eigenvalue weighted by atomic mass is 9.81. The molecule has 0 unspecified atom stereocenters. The zero-order chi connectivity index (χ0) is 21.1. The molecule has 2 aromatic carbocycles. The minimum atomic E-state index is -0.564. The lowest BCUT2D eigenvalue weighted by Gasteiger charge is -2.26. The Bertz CT molecular complexity index is 1030. The molecule has 4 rings (SSSR count). The van der Waals surface area contributed by atoms with Gasteiger partial charge in [-0.25, -0.2) is 0 Å². The second-order valence-corrected chi connectivity index (χ2v) is 13.6. The molecule has 0 nitrogen and oxygen atoms in total. The Morgan fingerprint density at radius 1 is 0.759 bits per heavy atom. The van der Waals surface area contributed by atoms with Gasteiger partial charge in [0, 0.05) is 0 Å². The summed E-state index contributed by atoms with van der Waals surface area (Å²) in [5, 5.41) is 1.61. The first-order valence-corrected chi connectivity index (χ1v) is 13.5. The van der Waals surface area contributed by atoms with E-state index < -0.39 is 8.80 Å². The maximum Gasteiger partial charge on any atom is 0.0799 e. The van der Waals surface area contributed by atoms with E-state index in [4.69, 9.17) is 0 Å². The van der Waals surface area contributed by atoms with Crippen LogP contribution in [-0.4, -0.2) is 8.80 Å². The van der Waals surface area contributed by atoms with Gasteiger partial charge >= 0.3 is 0 Å². The molecule has 0 spiro atoms. The van der Waals surface area contributed by atoms with Crippen molar-refractivity contribution in [2.24, 2.45) is 10.8 Å². The van der Waals surface area contributed by atoms with Crippen molar-refractivity contribution in [3.63, 3.8) is 0 Å². The predicted octanol–water partition coefficient (Wildman–Crippen LogP) is 7.40. The average molecular weight is 400 g/mol. The summed E-state index contributed by atoms with van der Waals surface area (Å²) in [6.07, 6.45) is 4.72. The molecule has 1 radical (unpaired) electrons. The van der Waals surface area contributed by atoms with E-state index in [9.17, 15) is 0 Å². The zero-order valence-corrected chi connectivity index (χ0v) is 20.5. The summed E-state index contributed by atoms with van der Waals surface area (Å²) in [5.41, 5.74) is 12.7. The number of hydrogen-bond donors (Lipinski definition) is 0. The maximum absolute atomic E-state index is 2.54. The van der Waals surface area contributed by atoms with Gasteiger partial charge in [0.05, 0.1) is 8.80 Å². The summed E-state index contributed by atoms with van der Waals surface area (Å²) in [4.78, 5) is 0.